The van der Waals surface area contributed by atoms with Gasteiger partial charge in [0.15, 0.2) is 5.78 Å². The summed E-state index contributed by atoms with van der Waals surface area (Å²) in [7, 11) is 0. The van der Waals surface area contributed by atoms with Gasteiger partial charge in [0.25, 0.3) is 0 Å². The van der Waals surface area contributed by atoms with Crippen LogP contribution in [0, 0.1) is 70.8 Å². The molecule has 5 aromatic carbocycles. The molecule has 648 valence electrons. The van der Waals surface area contributed by atoms with E-state index in [-0.39, 0.29) is 90.0 Å². The molecule has 10 heteroatoms. The maximum atomic E-state index is 12.5. The van der Waals surface area contributed by atoms with Gasteiger partial charge in [-0.2, -0.15) is 0 Å². The van der Waals surface area contributed by atoms with Crippen molar-refractivity contribution >= 4 is 5.78 Å². The zero-order chi connectivity index (χ0) is 90.4. The van der Waals surface area contributed by atoms with Crippen molar-refractivity contribution in [1.82, 2.24) is 0 Å². The van der Waals surface area contributed by atoms with Gasteiger partial charge < -0.3 is 42.1 Å². The van der Waals surface area contributed by atoms with E-state index in [1.807, 2.05) is 280 Å². The Kier molecular flexibility index (Phi) is 54.0. The van der Waals surface area contributed by atoms with Gasteiger partial charge in [0, 0.05) is 23.1 Å². The second kappa shape index (κ2) is 50.1. The van der Waals surface area contributed by atoms with E-state index in [2.05, 4.69) is 165 Å². The van der Waals surface area contributed by atoms with Gasteiger partial charge in [-0.25, -0.2) is 4.39 Å². The Morgan fingerprint density at radius 2 is 0.495 bits per heavy atom. The first-order chi connectivity index (χ1) is 48.5. The molecule has 0 radical (unpaired) electrons. The minimum absolute atomic E-state index is 0.00694. The number of hydrogen-bond donors (Lipinski definition) is 8. The van der Waals surface area contributed by atoms with Crippen molar-refractivity contribution in [2.24, 2.45) is 76.4 Å². The SMILES string of the molecule is CC(C)(C)C(=O)c1ccccc1.CC(C)(C)C(C)(C)O.CC(C)(C)C(C)(C)O.CC(C)(C)C(C)(C)O.CC(C)(C)C(C)(C)O.CC(C)(C)Cc1ccc(F)cc1.CC(C)(C)Cc1ccccc1.CC(C)(C)[C@@H](N)c1ccccc1.CC(C)(C)[C@H](N)c1ccccc1.CCC(C)(C)C.C[C@@H](O)C(C)(C)C.C[C@H](O)C(C)(C)C. The molecule has 0 bridgehead atoms. The first-order valence-electron chi connectivity index (χ1n) is 40.8. The zero-order valence-corrected chi connectivity index (χ0v) is 81.4. The standard InChI is InChI=1S/C11H15F.2C11H17N.C11H14O.C11H16.4C7H16O.2C6H14O.C6H14/c1-11(2,3)8-9-4-6-10(12)7-5-9;3*1-11(2,3)10(12)9-7-5-4-6-8-9;1-11(2,3)9-10-7-5-4-6-8-10;4*1-6(2,3)7(4,5)8;2*1-5(7)6(2,3)4;1-5-6(2,3)4/h4-7H,8H2,1-3H3;2*4-8,10H,12H2,1-3H3;4-8H,1-3H3;4-8H,9H2,1-3H3;4*8H,1-5H3;2*5,7H,1-4H3;5H2,1-4H3/t;2*10-;;;;;;;2*5-;/m.10......10./s1. The predicted molar refractivity (Wildman–Crippen MR) is 490 cm³/mol. The summed E-state index contributed by atoms with van der Waals surface area (Å²) in [6.45, 7) is 95.5. The predicted octanol–water partition coefficient (Wildman–Crippen LogP) is 27.6. The third-order valence-corrected chi connectivity index (χ3v) is 20.0. The van der Waals surface area contributed by atoms with E-state index in [9.17, 15) is 29.6 Å². The quantitative estimate of drug-likeness (QED) is 0.0792. The average Bonchev–Trinajstić information content (AvgIpc) is 0.895. The van der Waals surface area contributed by atoms with Gasteiger partial charge in [0.1, 0.15) is 5.82 Å². The maximum absolute atomic E-state index is 12.5. The molecular weight excluding hydrogens is 1370 g/mol. The summed E-state index contributed by atoms with van der Waals surface area (Å²) in [5, 5.41) is 55.2. The van der Waals surface area contributed by atoms with E-state index in [0.717, 1.165) is 18.4 Å². The van der Waals surface area contributed by atoms with Gasteiger partial charge in [-0.3, -0.25) is 4.79 Å². The number of benzene rings is 5. The topological polar surface area (TPSA) is 190 Å². The Hall–Kier alpha value is -4.62. The highest BCUT2D eigenvalue weighted by molar-refractivity contribution is 5.99. The molecule has 0 aliphatic heterocycles. The summed E-state index contributed by atoms with van der Waals surface area (Å²) in [5.74, 6) is 0.0377. The number of carbonyl (C=O) groups excluding carboxylic acids is 1. The van der Waals surface area contributed by atoms with Crippen molar-refractivity contribution in [3.63, 3.8) is 0 Å². The van der Waals surface area contributed by atoms with Crippen LogP contribution >= 0.6 is 0 Å². The lowest BCUT2D eigenvalue weighted by Crippen LogP contribution is -2.35. The van der Waals surface area contributed by atoms with Crippen molar-refractivity contribution < 1.29 is 39.8 Å². The zero-order valence-electron chi connectivity index (χ0n) is 81.4. The number of halogens is 1. The van der Waals surface area contributed by atoms with Crippen LogP contribution in [-0.2, 0) is 12.8 Å². The van der Waals surface area contributed by atoms with Gasteiger partial charge in [-0.15, -0.1) is 0 Å². The van der Waals surface area contributed by atoms with E-state index < -0.39 is 22.4 Å². The molecule has 0 aliphatic carbocycles. The lowest BCUT2D eigenvalue weighted by atomic mass is 9.79. The molecule has 10 N–H and O–H groups in total. The second-order valence-corrected chi connectivity index (χ2v) is 45.3. The van der Waals surface area contributed by atoms with Crippen LogP contribution in [-0.4, -0.2) is 71.0 Å². The largest absolute Gasteiger partial charge is 0.393 e. The Morgan fingerprint density at radius 1 is 0.315 bits per heavy atom. The highest BCUT2D eigenvalue weighted by atomic mass is 19.1. The molecule has 9 nitrogen and oxygen atoms in total. The van der Waals surface area contributed by atoms with Gasteiger partial charge in [0.2, 0.25) is 0 Å². The lowest BCUT2D eigenvalue weighted by molar-refractivity contribution is -0.0240. The van der Waals surface area contributed by atoms with Crippen molar-refractivity contribution in [3.8, 4) is 0 Å². The van der Waals surface area contributed by atoms with Gasteiger partial charge in [-0.05, 0) is 176 Å². The monoisotopic (exact) mass is 1560 g/mol. The summed E-state index contributed by atoms with van der Waals surface area (Å²) in [4.78, 5) is 11.7. The third-order valence-electron chi connectivity index (χ3n) is 20.0. The minimum Gasteiger partial charge on any atom is -0.393 e. The lowest BCUT2D eigenvalue weighted by Gasteiger charge is -2.33. The molecular formula is C101H185FN2O7. The highest BCUT2D eigenvalue weighted by Crippen LogP contribution is 2.34. The third kappa shape index (κ3) is 68.3. The van der Waals surface area contributed by atoms with Gasteiger partial charge in [-0.1, -0.05) is 396 Å². The van der Waals surface area contributed by atoms with Crippen LogP contribution in [0.4, 0.5) is 4.39 Å². The molecule has 5 aromatic rings. The molecule has 5 rings (SSSR count). The fraction of sp³-hybridized carbons (Fsp3) is 0.693. The van der Waals surface area contributed by atoms with E-state index in [1.165, 1.54) is 40.8 Å². The van der Waals surface area contributed by atoms with Crippen molar-refractivity contribution in [3.05, 3.63) is 179 Å². The van der Waals surface area contributed by atoms with Crippen LogP contribution in [0.3, 0.4) is 0 Å². The van der Waals surface area contributed by atoms with E-state index >= 15 is 0 Å². The summed E-state index contributed by atoms with van der Waals surface area (Å²) in [6.07, 6.45) is 3.02. The maximum Gasteiger partial charge on any atom is 0.168 e. The molecule has 0 unspecified atom stereocenters. The molecule has 0 saturated carbocycles. The first kappa shape index (κ1) is 120. The molecule has 0 spiro atoms. The summed E-state index contributed by atoms with van der Waals surface area (Å²) in [6, 6.07) is 47.5. The molecule has 0 fully saturated rings. The van der Waals surface area contributed by atoms with Gasteiger partial charge in [0.05, 0.1) is 34.6 Å². The number of carbonyl (C=O) groups is 1. The number of Topliss-reactive ketones (excluding diaryl/α,β-unsaturated/α-hetero) is 1. The Bertz CT molecular complexity index is 2840. The number of rotatable bonds is 5. The Morgan fingerprint density at radius 3 is 0.649 bits per heavy atom. The smallest absolute Gasteiger partial charge is 0.168 e. The average molecular weight is 1560 g/mol. The molecule has 111 heavy (non-hydrogen) atoms. The first-order valence-corrected chi connectivity index (χ1v) is 40.8. The minimum atomic E-state index is -0.562. The number of ketones is 1. The van der Waals surface area contributed by atoms with Crippen molar-refractivity contribution in [2.75, 3.05) is 0 Å². The number of aliphatic hydroxyl groups is 6. The van der Waals surface area contributed by atoms with Crippen molar-refractivity contribution in [1.29, 1.82) is 0 Å². The summed E-state index contributed by atoms with van der Waals surface area (Å²) < 4.78 is 12.5. The number of nitrogens with two attached hydrogens (primary N) is 2. The van der Waals surface area contributed by atoms with Crippen LogP contribution < -0.4 is 11.5 Å². The van der Waals surface area contributed by atoms with E-state index in [0.29, 0.717) is 10.8 Å². The van der Waals surface area contributed by atoms with Crippen LogP contribution in [0.1, 0.15) is 377 Å². The fourth-order valence-corrected chi connectivity index (χ4v) is 5.77. The van der Waals surface area contributed by atoms with E-state index in [4.69, 9.17) is 21.7 Å². The van der Waals surface area contributed by atoms with Crippen LogP contribution in [0.25, 0.3) is 0 Å². The summed E-state index contributed by atoms with van der Waals surface area (Å²) >= 11 is 0. The molecule has 0 amide bonds. The number of aliphatic hydroxyl groups excluding tert-OH is 2. The molecule has 0 heterocycles. The second-order valence-electron chi connectivity index (χ2n) is 45.3. The van der Waals surface area contributed by atoms with E-state index in [1.54, 1.807) is 13.8 Å². The van der Waals surface area contributed by atoms with Crippen LogP contribution in [0.5, 0.6) is 0 Å². The normalized spacial score (nSPS) is 13.6. The summed E-state index contributed by atoms with van der Waals surface area (Å²) in [5.41, 5.74) is 17.1. The highest BCUT2D eigenvalue weighted by Gasteiger charge is 2.32. The van der Waals surface area contributed by atoms with Crippen LogP contribution in [0.15, 0.2) is 146 Å². The van der Waals surface area contributed by atoms with Gasteiger partial charge >= 0.3 is 0 Å². The molecule has 0 aromatic heterocycles. The Balaban J connectivity index is -0.000000214. The molecule has 4 atom stereocenters. The fourth-order valence-electron chi connectivity index (χ4n) is 5.77. The van der Waals surface area contributed by atoms with Crippen LogP contribution in [0.2, 0.25) is 0 Å². The number of hydrogen-bond acceptors (Lipinski definition) is 9. The van der Waals surface area contributed by atoms with Crippen molar-refractivity contribution in [2.45, 2.75) is 391 Å². The molecule has 0 saturated heterocycles. The Labute approximate surface area is 688 Å². The molecule has 0 aliphatic rings.